The molecule has 1 N–H and O–H groups in total. The first-order chi connectivity index (χ1) is 13.7. The number of ether oxygens (including phenoxy) is 1. The van der Waals surface area contributed by atoms with E-state index in [1.54, 1.807) is 6.92 Å². The van der Waals surface area contributed by atoms with Gasteiger partial charge in [0, 0.05) is 36.4 Å². The zero-order chi connectivity index (χ0) is 20.8. The highest BCUT2D eigenvalue weighted by molar-refractivity contribution is 7.89. The number of hydrogen-bond acceptors (Lipinski definition) is 5. The summed E-state index contributed by atoms with van der Waals surface area (Å²) in [6.07, 6.45) is -2.61. The number of aryl methyl sites for hydroxylation is 1. The van der Waals surface area contributed by atoms with Crippen LogP contribution >= 0.6 is 0 Å². The predicted octanol–water partition coefficient (Wildman–Crippen LogP) is 1.89. The van der Waals surface area contributed by atoms with E-state index in [1.165, 1.54) is 4.31 Å². The number of sulfonamides is 1. The molecule has 4 heterocycles. The Bertz CT molecular complexity index is 1020. The van der Waals surface area contributed by atoms with Gasteiger partial charge in [0.15, 0.2) is 0 Å². The third kappa shape index (κ3) is 4.00. The predicted molar refractivity (Wildman–Crippen MR) is 101 cm³/mol. The van der Waals surface area contributed by atoms with Crippen LogP contribution in [0.5, 0.6) is 0 Å². The summed E-state index contributed by atoms with van der Waals surface area (Å²) in [5, 5.41) is 3.59. The molecular formula is C18H23F3N4O3S. The number of rotatable bonds is 6. The lowest BCUT2D eigenvalue weighted by Crippen LogP contribution is -2.46. The highest BCUT2D eigenvalue weighted by Crippen LogP contribution is 2.34. The van der Waals surface area contributed by atoms with E-state index in [0.29, 0.717) is 41.5 Å². The van der Waals surface area contributed by atoms with Gasteiger partial charge >= 0.3 is 6.18 Å². The first-order valence-corrected chi connectivity index (χ1v) is 11.1. The molecule has 1 saturated heterocycles. The maximum Gasteiger partial charge on any atom is 0.417 e. The zero-order valence-corrected chi connectivity index (χ0v) is 16.8. The van der Waals surface area contributed by atoms with Gasteiger partial charge in [0.25, 0.3) is 0 Å². The second kappa shape index (κ2) is 7.53. The van der Waals surface area contributed by atoms with Crippen LogP contribution in [0, 0.1) is 6.92 Å². The van der Waals surface area contributed by atoms with Gasteiger partial charge in [0.2, 0.25) is 10.0 Å². The minimum Gasteiger partial charge on any atom is -0.379 e. The van der Waals surface area contributed by atoms with Gasteiger partial charge in [-0.1, -0.05) is 0 Å². The molecule has 0 radical (unpaired) electrons. The smallest absolute Gasteiger partial charge is 0.379 e. The van der Waals surface area contributed by atoms with Crippen molar-refractivity contribution in [2.45, 2.75) is 38.7 Å². The van der Waals surface area contributed by atoms with Gasteiger partial charge in [-0.25, -0.2) is 13.4 Å². The number of fused-ring (bicyclic) bond motifs is 3. The van der Waals surface area contributed by atoms with E-state index in [0.717, 1.165) is 25.2 Å². The molecule has 0 aromatic carbocycles. The Morgan fingerprint density at radius 2 is 2.10 bits per heavy atom. The lowest BCUT2D eigenvalue weighted by molar-refractivity contribution is -0.137. The molecule has 160 valence electrons. The van der Waals surface area contributed by atoms with Crippen molar-refractivity contribution in [1.82, 2.24) is 19.2 Å². The van der Waals surface area contributed by atoms with Gasteiger partial charge in [-0.05, 0) is 31.5 Å². The van der Waals surface area contributed by atoms with Crippen molar-refractivity contribution < 1.29 is 26.3 Å². The number of alkyl halides is 3. The second-order valence-corrected chi connectivity index (χ2v) is 9.57. The summed E-state index contributed by atoms with van der Waals surface area (Å²) >= 11 is 0. The molecule has 0 bridgehead atoms. The summed E-state index contributed by atoms with van der Waals surface area (Å²) in [5.74, 6) is -0.116. The Kier molecular flexibility index (Phi) is 5.34. The summed E-state index contributed by atoms with van der Waals surface area (Å²) in [6.45, 7) is 4.02. The number of aromatic nitrogens is 2. The quantitative estimate of drug-likeness (QED) is 0.706. The van der Waals surface area contributed by atoms with Gasteiger partial charge in [0.05, 0.1) is 31.1 Å². The van der Waals surface area contributed by atoms with Crippen molar-refractivity contribution in [3.05, 3.63) is 29.1 Å². The van der Waals surface area contributed by atoms with E-state index in [2.05, 4.69) is 10.3 Å². The molecular weight excluding hydrogens is 409 g/mol. The fraction of sp³-hybridized carbons (Fsp3) is 0.611. The summed E-state index contributed by atoms with van der Waals surface area (Å²) in [5.41, 5.74) is 0.963. The zero-order valence-electron chi connectivity index (χ0n) is 16.0. The summed E-state index contributed by atoms with van der Waals surface area (Å²) in [6, 6.07) is 1.39. The summed E-state index contributed by atoms with van der Waals surface area (Å²) < 4.78 is 73.1. The summed E-state index contributed by atoms with van der Waals surface area (Å²) in [4.78, 5) is 4.01. The average Bonchev–Trinajstić information content (AvgIpc) is 2.91. The number of hydrogen-bond donors (Lipinski definition) is 1. The normalized spacial score (nSPS) is 20.6. The SMILES string of the molecule is Cc1c2n(c3ncc(C(F)(F)F)cc13)CCN(S(=O)(=O)CCOCC1CCN1)C2. The molecule has 0 saturated carbocycles. The molecule has 1 atom stereocenters. The Hall–Kier alpha value is -1.69. The van der Waals surface area contributed by atoms with Crippen molar-refractivity contribution in [2.24, 2.45) is 0 Å². The van der Waals surface area contributed by atoms with Gasteiger partial charge in [-0.2, -0.15) is 17.5 Å². The van der Waals surface area contributed by atoms with Gasteiger partial charge < -0.3 is 14.6 Å². The van der Waals surface area contributed by atoms with Crippen LogP contribution in [-0.2, 0) is 34.0 Å². The Morgan fingerprint density at radius 1 is 1.34 bits per heavy atom. The molecule has 1 fully saturated rings. The highest BCUT2D eigenvalue weighted by atomic mass is 32.2. The van der Waals surface area contributed by atoms with Crippen molar-refractivity contribution in [2.75, 3.05) is 32.1 Å². The first-order valence-electron chi connectivity index (χ1n) is 9.50. The molecule has 29 heavy (non-hydrogen) atoms. The molecule has 0 amide bonds. The number of nitrogens with one attached hydrogen (secondary N) is 1. The van der Waals surface area contributed by atoms with Crippen molar-refractivity contribution in [1.29, 1.82) is 0 Å². The third-order valence-electron chi connectivity index (χ3n) is 5.64. The lowest BCUT2D eigenvalue weighted by Gasteiger charge is -2.29. The number of nitrogens with zero attached hydrogens (tertiary/aromatic N) is 3. The maximum atomic E-state index is 13.0. The molecule has 0 aliphatic carbocycles. The highest BCUT2D eigenvalue weighted by Gasteiger charge is 2.34. The topological polar surface area (TPSA) is 76.5 Å². The minimum atomic E-state index is -4.47. The fourth-order valence-corrected chi connectivity index (χ4v) is 5.00. The van der Waals surface area contributed by atoms with Crippen molar-refractivity contribution >= 4 is 21.1 Å². The molecule has 7 nitrogen and oxygen atoms in total. The van der Waals surface area contributed by atoms with E-state index in [-0.39, 0.29) is 25.4 Å². The first kappa shape index (κ1) is 20.6. The average molecular weight is 432 g/mol. The van der Waals surface area contributed by atoms with Crippen LogP contribution in [-0.4, -0.2) is 60.4 Å². The largest absolute Gasteiger partial charge is 0.417 e. The van der Waals surface area contributed by atoms with E-state index in [9.17, 15) is 21.6 Å². The maximum absolute atomic E-state index is 13.0. The number of halogens is 3. The lowest BCUT2D eigenvalue weighted by atomic mass is 10.1. The van der Waals surface area contributed by atoms with Crippen LogP contribution in [0.3, 0.4) is 0 Å². The van der Waals surface area contributed by atoms with Crippen LogP contribution in [0.25, 0.3) is 11.0 Å². The minimum absolute atomic E-state index is 0.116. The third-order valence-corrected chi connectivity index (χ3v) is 7.42. The molecule has 2 aliphatic heterocycles. The van der Waals surface area contributed by atoms with Crippen LogP contribution < -0.4 is 5.32 Å². The molecule has 2 aliphatic rings. The second-order valence-electron chi connectivity index (χ2n) is 7.48. The molecule has 11 heteroatoms. The standard InChI is InChI=1S/C18H23F3N4O3S/c1-12-15-8-13(18(19,20)21)9-23-17(15)25-5-4-24(10-16(12)25)29(26,27)7-6-28-11-14-2-3-22-14/h8-9,14,22H,2-7,10-11H2,1H3. The van der Waals surface area contributed by atoms with Gasteiger partial charge in [-0.3, -0.25) is 0 Å². The van der Waals surface area contributed by atoms with E-state index in [4.69, 9.17) is 4.74 Å². The van der Waals surface area contributed by atoms with Crippen molar-refractivity contribution in [3.8, 4) is 0 Å². The molecule has 4 rings (SSSR count). The molecule has 2 aromatic rings. The van der Waals surface area contributed by atoms with E-state index >= 15 is 0 Å². The summed E-state index contributed by atoms with van der Waals surface area (Å²) in [7, 11) is -3.52. The van der Waals surface area contributed by atoms with E-state index in [1.807, 2.05) is 4.57 Å². The Morgan fingerprint density at radius 3 is 2.76 bits per heavy atom. The molecule has 2 aromatic heterocycles. The van der Waals surface area contributed by atoms with Crippen LogP contribution in [0.2, 0.25) is 0 Å². The van der Waals surface area contributed by atoms with Gasteiger partial charge in [0.1, 0.15) is 5.65 Å². The Labute approximate surface area is 166 Å². The molecule has 0 spiro atoms. The number of pyridine rings is 1. The fourth-order valence-electron chi connectivity index (χ4n) is 3.74. The monoisotopic (exact) mass is 432 g/mol. The van der Waals surface area contributed by atoms with Crippen LogP contribution in [0.1, 0.15) is 23.2 Å². The van der Waals surface area contributed by atoms with E-state index < -0.39 is 21.8 Å². The van der Waals surface area contributed by atoms with Crippen LogP contribution in [0.15, 0.2) is 12.3 Å². The van der Waals surface area contributed by atoms with Crippen molar-refractivity contribution in [3.63, 3.8) is 0 Å². The van der Waals surface area contributed by atoms with Gasteiger partial charge in [-0.15, -0.1) is 0 Å². The van der Waals surface area contributed by atoms with Crippen LogP contribution in [0.4, 0.5) is 13.2 Å². The molecule has 1 unspecified atom stereocenters. The Balaban J connectivity index is 1.49.